The molecule has 4 heteroatoms. The number of hydrogen-bond donors (Lipinski definition) is 2. The Labute approximate surface area is 101 Å². The normalized spacial score (nSPS) is 12.4. The Balaban J connectivity index is 2.59. The van der Waals surface area contributed by atoms with E-state index in [4.69, 9.17) is 5.11 Å². The molecule has 0 saturated carbocycles. The molecule has 1 aromatic carbocycles. The minimum Gasteiger partial charge on any atom is -0.480 e. The maximum Gasteiger partial charge on any atom is 0.320 e. The van der Waals surface area contributed by atoms with Crippen LogP contribution in [0.15, 0.2) is 18.2 Å². The molecule has 1 atom stereocenters. The molecule has 17 heavy (non-hydrogen) atoms. The predicted molar refractivity (Wildman–Crippen MR) is 64.3 cm³/mol. The van der Waals surface area contributed by atoms with E-state index in [2.05, 4.69) is 5.32 Å². The smallest absolute Gasteiger partial charge is 0.320 e. The van der Waals surface area contributed by atoms with Gasteiger partial charge in [-0.25, -0.2) is 4.39 Å². The average molecular weight is 239 g/mol. The maximum atomic E-state index is 13.0. The fourth-order valence-corrected chi connectivity index (χ4v) is 1.66. The van der Waals surface area contributed by atoms with Gasteiger partial charge in [0, 0.05) is 6.54 Å². The van der Waals surface area contributed by atoms with Gasteiger partial charge in [0.15, 0.2) is 0 Å². The summed E-state index contributed by atoms with van der Waals surface area (Å²) in [7, 11) is 0. The summed E-state index contributed by atoms with van der Waals surface area (Å²) in [5.41, 5.74) is 1.47. The van der Waals surface area contributed by atoms with Crippen molar-refractivity contribution in [2.45, 2.75) is 39.3 Å². The molecule has 0 radical (unpaired) electrons. The number of carboxylic acids is 1. The number of halogens is 1. The fraction of sp³-hybridized carbons (Fsp3) is 0.462. The summed E-state index contributed by atoms with van der Waals surface area (Å²) in [6, 6.07) is 4.26. The third kappa shape index (κ3) is 4.15. The molecule has 0 aliphatic heterocycles. The molecule has 1 rings (SSSR count). The highest BCUT2D eigenvalue weighted by Crippen LogP contribution is 2.09. The largest absolute Gasteiger partial charge is 0.480 e. The summed E-state index contributed by atoms with van der Waals surface area (Å²) < 4.78 is 13.0. The molecule has 0 amide bonds. The minimum absolute atomic E-state index is 0.239. The molecule has 0 aliphatic carbocycles. The van der Waals surface area contributed by atoms with Gasteiger partial charge in [-0.1, -0.05) is 25.5 Å². The second-order valence-corrected chi connectivity index (χ2v) is 4.14. The molecule has 0 aromatic heterocycles. The Morgan fingerprint density at radius 2 is 2.24 bits per heavy atom. The molecule has 0 saturated heterocycles. The predicted octanol–water partition coefficient (Wildman–Crippen LogP) is 2.48. The molecule has 0 aliphatic rings. The van der Waals surface area contributed by atoms with Crippen molar-refractivity contribution in [2.75, 3.05) is 0 Å². The van der Waals surface area contributed by atoms with Crippen LogP contribution in [0.5, 0.6) is 0 Å². The molecular formula is C13H18FNO2. The zero-order valence-electron chi connectivity index (χ0n) is 10.2. The molecule has 0 spiro atoms. The van der Waals surface area contributed by atoms with E-state index in [1.54, 1.807) is 19.1 Å². The lowest BCUT2D eigenvalue weighted by molar-refractivity contribution is -0.139. The van der Waals surface area contributed by atoms with Crippen LogP contribution >= 0.6 is 0 Å². The maximum absolute atomic E-state index is 13.0. The van der Waals surface area contributed by atoms with Crippen LogP contribution in [0.4, 0.5) is 4.39 Å². The molecule has 0 fully saturated rings. The van der Waals surface area contributed by atoms with Crippen molar-refractivity contribution in [3.05, 3.63) is 35.1 Å². The van der Waals surface area contributed by atoms with Crippen molar-refractivity contribution in [3.8, 4) is 0 Å². The summed E-state index contributed by atoms with van der Waals surface area (Å²) in [5.74, 6) is -1.08. The highest BCUT2D eigenvalue weighted by Gasteiger charge is 2.15. The fourth-order valence-electron chi connectivity index (χ4n) is 1.66. The first-order chi connectivity index (χ1) is 8.04. The van der Waals surface area contributed by atoms with Gasteiger partial charge in [0.05, 0.1) is 0 Å². The lowest BCUT2D eigenvalue weighted by Crippen LogP contribution is -2.36. The highest BCUT2D eigenvalue weighted by molar-refractivity contribution is 5.73. The van der Waals surface area contributed by atoms with Crippen LogP contribution in [0.2, 0.25) is 0 Å². The Kier molecular flexibility index (Phi) is 5.10. The number of carboxylic acid groups (broad SMARTS) is 1. The van der Waals surface area contributed by atoms with Crippen molar-refractivity contribution in [2.24, 2.45) is 0 Å². The molecule has 3 nitrogen and oxygen atoms in total. The molecule has 1 aromatic rings. The summed E-state index contributed by atoms with van der Waals surface area (Å²) in [6.07, 6.45) is 1.40. The van der Waals surface area contributed by atoms with Crippen LogP contribution in [-0.2, 0) is 11.3 Å². The van der Waals surface area contributed by atoms with Gasteiger partial charge >= 0.3 is 5.97 Å². The van der Waals surface area contributed by atoms with Gasteiger partial charge in [-0.15, -0.1) is 0 Å². The number of hydrogen-bond acceptors (Lipinski definition) is 2. The standard InChI is InChI=1S/C13H18FNO2/c1-3-4-12(13(16)17)15-8-10-5-6-11(14)9(2)7-10/h5-7,12,15H,3-4,8H2,1-2H3,(H,16,17). The van der Waals surface area contributed by atoms with E-state index < -0.39 is 12.0 Å². The van der Waals surface area contributed by atoms with Gasteiger partial charge in [-0.05, 0) is 30.5 Å². The van der Waals surface area contributed by atoms with Crippen LogP contribution < -0.4 is 5.32 Å². The van der Waals surface area contributed by atoms with Gasteiger partial charge in [0.2, 0.25) is 0 Å². The molecule has 2 N–H and O–H groups in total. The molecule has 94 valence electrons. The van der Waals surface area contributed by atoms with Crippen molar-refractivity contribution < 1.29 is 14.3 Å². The SMILES string of the molecule is CCCC(NCc1ccc(F)c(C)c1)C(=O)O. The molecule has 0 heterocycles. The van der Waals surface area contributed by atoms with E-state index in [9.17, 15) is 9.18 Å². The number of carbonyl (C=O) groups is 1. The quantitative estimate of drug-likeness (QED) is 0.801. The Hall–Kier alpha value is -1.42. The van der Waals surface area contributed by atoms with Gasteiger partial charge in [0.25, 0.3) is 0 Å². The zero-order chi connectivity index (χ0) is 12.8. The van der Waals surface area contributed by atoms with E-state index in [0.29, 0.717) is 18.5 Å². The zero-order valence-corrected chi connectivity index (χ0v) is 10.2. The summed E-state index contributed by atoms with van der Waals surface area (Å²) in [4.78, 5) is 10.9. The van der Waals surface area contributed by atoms with E-state index in [1.165, 1.54) is 6.07 Å². The Morgan fingerprint density at radius 1 is 1.53 bits per heavy atom. The summed E-state index contributed by atoms with van der Waals surface area (Å²) in [6.45, 7) is 4.08. The monoisotopic (exact) mass is 239 g/mol. The van der Waals surface area contributed by atoms with Gasteiger partial charge in [-0.2, -0.15) is 0 Å². The van der Waals surface area contributed by atoms with Crippen LogP contribution in [0.3, 0.4) is 0 Å². The first kappa shape index (κ1) is 13.6. The molecule has 1 unspecified atom stereocenters. The van der Waals surface area contributed by atoms with Crippen LogP contribution in [0.25, 0.3) is 0 Å². The average Bonchev–Trinajstić information content (AvgIpc) is 2.28. The third-order valence-electron chi connectivity index (χ3n) is 2.65. The van der Waals surface area contributed by atoms with Crippen molar-refractivity contribution in [3.63, 3.8) is 0 Å². The lowest BCUT2D eigenvalue weighted by Gasteiger charge is -2.13. The third-order valence-corrected chi connectivity index (χ3v) is 2.65. The number of benzene rings is 1. The van der Waals surface area contributed by atoms with Crippen LogP contribution in [0.1, 0.15) is 30.9 Å². The Bertz CT molecular complexity index is 393. The minimum atomic E-state index is -0.842. The number of aliphatic carboxylic acids is 1. The number of aryl methyl sites for hydroxylation is 1. The van der Waals surface area contributed by atoms with Crippen molar-refractivity contribution in [1.29, 1.82) is 0 Å². The van der Waals surface area contributed by atoms with E-state index in [0.717, 1.165) is 12.0 Å². The van der Waals surface area contributed by atoms with Crippen LogP contribution in [-0.4, -0.2) is 17.1 Å². The first-order valence-corrected chi connectivity index (χ1v) is 5.75. The second kappa shape index (κ2) is 6.35. The highest BCUT2D eigenvalue weighted by atomic mass is 19.1. The lowest BCUT2D eigenvalue weighted by atomic mass is 10.1. The van der Waals surface area contributed by atoms with Crippen LogP contribution in [0, 0.1) is 12.7 Å². The summed E-state index contributed by atoms with van der Waals surface area (Å²) >= 11 is 0. The van der Waals surface area contributed by atoms with Gasteiger partial charge in [0.1, 0.15) is 11.9 Å². The van der Waals surface area contributed by atoms with Crippen molar-refractivity contribution >= 4 is 5.97 Å². The Morgan fingerprint density at radius 3 is 2.76 bits per heavy atom. The van der Waals surface area contributed by atoms with Gasteiger partial charge in [-0.3, -0.25) is 4.79 Å². The molecule has 0 bridgehead atoms. The van der Waals surface area contributed by atoms with E-state index in [1.807, 2.05) is 6.92 Å². The van der Waals surface area contributed by atoms with E-state index >= 15 is 0 Å². The topological polar surface area (TPSA) is 49.3 Å². The number of nitrogens with one attached hydrogen (secondary N) is 1. The number of rotatable bonds is 6. The van der Waals surface area contributed by atoms with Gasteiger partial charge < -0.3 is 10.4 Å². The summed E-state index contributed by atoms with van der Waals surface area (Å²) in [5, 5.41) is 11.9. The molecular weight excluding hydrogens is 221 g/mol. The van der Waals surface area contributed by atoms with E-state index in [-0.39, 0.29) is 5.82 Å². The second-order valence-electron chi connectivity index (χ2n) is 4.14. The van der Waals surface area contributed by atoms with Crippen molar-refractivity contribution in [1.82, 2.24) is 5.32 Å². The first-order valence-electron chi connectivity index (χ1n) is 5.75.